The first kappa shape index (κ1) is 11.8. The van der Waals surface area contributed by atoms with Crippen molar-refractivity contribution in [3.63, 3.8) is 0 Å². The van der Waals surface area contributed by atoms with Crippen LogP contribution < -0.4 is 0 Å². The van der Waals surface area contributed by atoms with E-state index in [1.807, 2.05) is 13.0 Å². The second kappa shape index (κ2) is 4.12. The number of hydrogen-bond donors (Lipinski definition) is 0. The summed E-state index contributed by atoms with van der Waals surface area (Å²) >= 11 is 0. The number of aromatic nitrogens is 3. The van der Waals surface area contributed by atoms with Crippen LogP contribution in [0.15, 0.2) is 30.6 Å². The number of benzene rings is 1. The van der Waals surface area contributed by atoms with Gasteiger partial charge in [-0.2, -0.15) is 0 Å². The zero-order valence-corrected chi connectivity index (χ0v) is 10.5. The van der Waals surface area contributed by atoms with Gasteiger partial charge in [0, 0.05) is 25.0 Å². The molecule has 0 N–H and O–H groups in total. The molecule has 96 valence electrons. The molecule has 0 bridgehead atoms. The number of fused-ring (bicyclic) bond motifs is 1. The van der Waals surface area contributed by atoms with Gasteiger partial charge in [-0.15, -0.1) is 0 Å². The highest BCUT2D eigenvalue weighted by molar-refractivity contribution is 5.81. The summed E-state index contributed by atoms with van der Waals surface area (Å²) in [6.45, 7) is 1.90. The van der Waals surface area contributed by atoms with Crippen LogP contribution in [0.3, 0.4) is 0 Å². The molecule has 2 aromatic heterocycles. The molecule has 3 nitrogen and oxygen atoms in total. The Morgan fingerprint density at radius 1 is 1.16 bits per heavy atom. The van der Waals surface area contributed by atoms with Gasteiger partial charge in [0.2, 0.25) is 0 Å². The fraction of sp³-hybridized carbons (Fsp3) is 0.143. The van der Waals surface area contributed by atoms with E-state index in [0.29, 0.717) is 11.3 Å². The predicted molar refractivity (Wildman–Crippen MR) is 68.6 cm³/mol. The van der Waals surface area contributed by atoms with Crippen LogP contribution in [0.2, 0.25) is 0 Å². The second-order valence-electron chi connectivity index (χ2n) is 4.41. The number of pyridine rings is 1. The first-order chi connectivity index (χ1) is 9.09. The van der Waals surface area contributed by atoms with E-state index < -0.39 is 11.6 Å². The van der Waals surface area contributed by atoms with Crippen LogP contribution in [0.25, 0.3) is 22.4 Å². The average molecular weight is 259 g/mol. The van der Waals surface area contributed by atoms with Crippen molar-refractivity contribution >= 4 is 11.0 Å². The largest absolute Gasteiger partial charge is 0.325 e. The lowest BCUT2D eigenvalue weighted by Gasteiger charge is -2.05. The van der Waals surface area contributed by atoms with Gasteiger partial charge in [-0.1, -0.05) is 0 Å². The summed E-state index contributed by atoms with van der Waals surface area (Å²) in [6, 6.07) is 4.38. The van der Waals surface area contributed by atoms with Gasteiger partial charge in [0.1, 0.15) is 11.3 Å². The third kappa shape index (κ3) is 1.69. The van der Waals surface area contributed by atoms with Gasteiger partial charge < -0.3 is 4.57 Å². The standard InChI is InChI=1S/C14H11F2N3/c1-8-7-17-6-5-9(8)14-18-11-4-3-10(15)12(16)13(11)19(14)2/h3-7H,1-2H3. The van der Waals surface area contributed by atoms with Crippen molar-refractivity contribution in [3.05, 3.63) is 47.8 Å². The van der Waals surface area contributed by atoms with Gasteiger partial charge in [0.05, 0.1) is 5.52 Å². The van der Waals surface area contributed by atoms with E-state index >= 15 is 0 Å². The Morgan fingerprint density at radius 2 is 1.95 bits per heavy atom. The van der Waals surface area contributed by atoms with Crippen LogP contribution in [-0.2, 0) is 7.05 Å². The van der Waals surface area contributed by atoms with Gasteiger partial charge in [-0.05, 0) is 30.7 Å². The number of halogens is 2. The monoisotopic (exact) mass is 259 g/mol. The van der Waals surface area contributed by atoms with E-state index in [1.165, 1.54) is 6.07 Å². The average Bonchev–Trinajstić information content (AvgIpc) is 2.73. The summed E-state index contributed by atoms with van der Waals surface area (Å²) in [5.41, 5.74) is 2.40. The lowest BCUT2D eigenvalue weighted by Crippen LogP contribution is -1.97. The molecule has 0 radical (unpaired) electrons. The Kier molecular flexibility index (Phi) is 2.55. The minimum absolute atomic E-state index is 0.172. The van der Waals surface area contributed by atoms with E-state index in [0.717, 1.165) is 17.2 Å². The van der Waals surface area contributed by atoms with Crippen molar-refractivity contribution in [2.24, 2.45) is 7.05 Å². The molecular formula is C14H11F2N3. The maximum absolute atomic E-state index is 13.8. The number of hydrogen-bond acceptors (Lipinski definition) is 2. The van der Waals surface area contributed by atoms with E-state index in [2.05, 4.69) is 9.97 Å². The zero-order valence-electron chi connectivity index (χ0n) is 10.5. The number of rotatable bonds is 1. The molecule has 0 saturated carbocycles. The van der Waals surface area contributed by atoms with E-state index in [9.17, 15) is 8.78 Å². The number of nitrogens with zero attached hydrogens (tertiary/aromatic N) is 3. The molecule has 3 rings (SSSR count). The minimum Gasteiger partial charge on any atom is -0.325 e. The highest BCUT2D eigenvalue weighted by Gasteiger charge is 2.17. The van der Waals surface area contributed by atoms with Crippen LogP contribution in [0.1, 0.15) is 5.56 Å². The predicted octanol–water partition coefficient (Wildman–Crippen LogP) is 3.22. The molecule has 0 aliphatic heterocycles. The van der Waals surface area contributed by atoms with Gasteiger partial charge in [0.15, 0.2) is 11.6 Å². The fourth-order valence-electron chi connectivity index (χ4n) is 2.20. The Morgan fingerprint density at radius 3 is 2.68 bits per heavy atom. The van der Waals surface area contributed by atoms with E-state index in [4.69, 9.17) is 0 Å². The molecule has 1 aromatic carbocycles. The number of aryl methyl sites for hydroxylation is 2. The summed E-state index contributed by atoms with van der Waals surface area (Å²) in [5.74, 6) is -1.14. The molecule has 0 fully saturated rings. The molecular weight excluding hydrogens is 248 g/mol. The second-order valence-corrected chi connectivity index (χ2v) is 4.41. The topological polar surface area (TPSA) is 30.7 Å². The normalized spacial score (nSPS) is 11.2. The summed E-state index contributed by atoms with van der Waals surface area (Å²) in [6.07, 6.45) is 3.37. The molecule has 0 unspecified atom stereocenters. The Balaban J connectivity index is 2.36. The Labute approximate surface area is 108 Å². The molecule has 0 spiro atoms. The van der Waals surface area contributed by atoms with E-state index in [-0.39, 0.29) is 5.52 Å². The molecule has 3 aromatic rings. The maximum Gasteiger partial charge on any atom is 0.184 e. The molecule has 0 saturated heterocycles. The maximum atomic E-state index is 13.8. The van der Waals surface area contributed by atoms with Crippen LogP contribution >= 0.6 is 0 Å². The van der Waals surface area contributed by atoms with Crippen molar-refractivity contribution in [1.82, 2.24) is 14.5 Å². The summed E-state index contributed by atoms with van der Waals surface area (Å²) in [7, 11) is 1.67. The highest BCUT2D eigenvalue weighted by atomic mass is 19.2. The summed E-state index contributed by atoms with van der Waals surface area (Å²) in [5, 5.41) is 0. The van der Waals surface area contributed by atoms with Crippen molar-refractivity contribution in [2.45, 2.75) is 6.92 Å². The van der Waals surface area contributed by atoms with Gasteiger partial charge >= 0.3 is 0 Å². The van der Waals surface area contributed by atoms with E-state index in [1.54, 1.807) is 24.0 Å². The third-order valence-corrected chi connectivity index (χ3v) is 3.19. The molecule has 2 heterocycles. The van der Waals surface area contributed by atoms with Gasteiger partial charge in [-0.3, -0.25) is 4.98 Å². The van der Waals surface area contributed by atoms with Crippen molar-refractivity contribution in [3.8, 4) is 11.4 Å². The molecule has 0 atom stereocenters. The highest BCUT2D eigenvalue weighted by Crippen LogP contribution is 2.27. The van der Waals surface area contributed by atoms with Gasteiger partial charge in [-0.25, -0.2) is 13.8 Å². The molecule has 19 heavy (non-hydrogen) atoms. The molecule has 5 heteroatoms. The Bertz CT molecular complexity index is 778. The van der Waals surface area contributed by atoms with Crippen LogP contribution in [0.4, 0.5) is 8.78 Å². The first-order valence-electron chi connectivity index (χ1n) is 5.81. The van der Waals surface area contributed by atoms with Crippen molar-refractivity contribution in [1.29, 1.82) is 0 Å². The first-order valence-corrected chi connectivity index (χ1v) is 5.81. The Hall–Kier alpha value is -2.30. The minimum atomic E-state index is -0.870. The third-order valence-electron chi connectivity index (χ3n) is 3.19. The summed E-state index contributed by atoms with van der Waals surface area (Å²) in [4.78, 5) is 8.39. The van der Waals surface area contributed by atoms with Gasteiger partial charge in [0.25, 0.3) is 0 Å². The quantitative estimate of drug-likeness (QED) is 0.671. The SMILES string of the molecule is Cc1cnccc1-c1nc2ccc(F)c(F)c2n1C. The molecule has 0 aliphatic rings. The fourth-order valence-corrected chi connectivity index (χ4v) is 2.20. The lowest BCUT2D eigenvalue weighted by atomic mass is 10.1. The zero-order chi connectivity index (χ0) is 13.6. The van der Waals surface area contributed by atoms with Crippen LogP contribution in [-0.4, -0.2) is 14.5 Å². The van der Waals surface area contributed by atoms with Crippen molar-refractivity contribution < 1.29 is 8.78 Å². The lowest BCUT2D eigenvalue weighted by molar-refractivity contribution is 0.513. The van der Waals surface area contributed by atoms with Crippen molar-refractivity contribution in [2.75, 3.05) is 0 Å². The molecule has 0 aliphatic carbocycles. The van der Waals surface area contributed by atoms with Crippen LogP contribution in [0, 0.1) is 18.6 Å². The van der Waals surface area contributed by atoms with Crippen LogP contribution in [0.5, 0.6) is 0 Å². The number of imidazole rings is 1. The summed E-state index contributed by atoms with van der Waals surface area (Å²) < 4.78 is 28.7. The molecule has 0 amide bonds. The smallest absolute Gasteiger partial charge is 0.184 e.